The van der Waals surface area contributed by atoms with Gasteiger partial charge in [-0.3, -0.25) is 9.52 Å². The summed E-state index contributed by atoms with van der Waals surface area (Å²) in [6.45, 7) is 1.65. The average Bonchev–Trinajstić information content (AvgIpc) is 2.67. The van der Waals surface area contributed by atoms with Gasteiger partial charge in [-0.2, -0.15) is 0 Å². The summed E-state index contributed by atoms with van der Waals surface area (Å²) in [5, 5.41) is 2.46. The zero-order valence-electron chi connectivity index (χ0n) is 14.7. The minimum Gasteiger partial charge on any atom is -0.322 e. The average molecular weight is 402 g/mol. The number of rotatable bonds is 5. The zero-order chi connectivity index (χ0) is 20.3. The molecule has 5 nitrogen and oxygen atoms in total. The summed E-state index contributed by atoms with van der Waals surface area (Å²) >= 11 is 0. The van der Waals surface area contributed by atoms with Gasteiger partial charge in [0.25, 0.3) is 15.9 Å². The van der Waals surface area contributed by atoms with Crippen molar-refractivity contribution in [2.24, 2.45) is 0 Å². The number of amides is 1. The lowest BCUT2D eigenvalue weighted by molar-refractivity contribution is 0.102. The number of carbonyl (C=O) groups is 1. The summed E-state index contributed by atoms with van der Waals surface area (Å²) in [6, 6.07) is 15.3. The molecule has 0 saturated carbocycles. The molecule has 28 heavy (non-hydrogen) atoms. The van der Waals surface area contributed by atoms with Gasteiger partial charge in [-0.15, -0.1) is 0 Å². The number of halogens is 2. The highest BCUT2D eigenvalue weighted by Crippen LogP contribution is 2.22. The predicted molar refractivity (Wildman–Crippen MR) is 103 cm³/mol. The molecule has 0 fully saturated rings. The highest BCUT2D eigenvalue weighted by atomic mass is 32.2. The predicted octanol–water partition coefficient (Wildman–Crippen LogP) is 4.33. The second-order valence-electron chi connectivity index (χ2n) is 6.03. The van der Waals surface area contributed by atoms with Crippen LogP contribution >= 0.6 is 0 Å². The van der Waals surface area contributed by atoms with Crippen molar-refractivity contribution in [1.29, 1.82) is 0 Å². The first kappa shape index (κ1) is 19.5. The lowest BCUT2D eigenvalue weighted by atomic mass is 10.1. The highest BCUT2D eigenvalue weighted by Gasteiger charge is 2.16. The molecule has 0 atom stereocenters. The van der Waals surface area contributed by atoms with Gasteiger partial charge in [0.2, 0.25) is 0 Å². The fraction of sp³-hybridized carbons (Fsp3) is 0.0500. The first-order valence-corrected chi connectivity index (χ1v) is 9.69. The molecule has 0 aromatic heterocycles. The van der Waals surface area contributed by atoms with E-state index < -0.39 is 27.6 Å². The van der Waals surface area contributed by atoms with Crippen LogP contribution in [0.4, 0.5) is 20.2 Å². The summed E-state index contributed by atoms with van der Waals surface area (Å²) in [5.41, 5.74) is 1.20. The molecule has 0 aliphatic carbocycles. The van der Waals surface area contributed by atoms with E-state index >= 15 is 0 Å². The molecule has 0 bridgehead atoms. The van der Waals surface area contributed by atoms with E-state index in [4.69, 9.17) is 0 Å². The first-order chi connectivity index (χ1) is 13.3. The van der Waals surface area contributed by atoms with Crippen molar-refractivity contribution < 1.29 is 22.0 Å². The number of nitrogens with one attached hydrogen (secondary N) is 2. The number of hydrogen-bond acceptors (Lipinski definition) is 3. The Hall–Kier alpha value is -3.26. The van der Waals surface area contributed by atoms with Gasteiger partial charge < -0.3 is 5.32 Å². The zero-order valence-corrected chi connectivity index (χ0v) is 15.6. The van der Waals surface area contributed by atoms with Crippen molar-refractivity contribution >= 4 is 27.3 Å². The molecule has 0 radical (unpaired) electrons. The molecule has 0 heterocycles. The van der Waals surface area contributed by atoms with E-state index in [1.165, 1.54) is 36.4 Å². The lowest BCUT2D eigenvalue weighted by Gasteiger charge is -2.12. The van der Waals surface area contributed by atoms with Crippen molar-refractivity contribution in [3.63, 3.8) is 0 Å². The van der Waals surface area contributed by atoms with Crippen LogP contribution in [0.3, 0.4) is 0 Å². The molecule has 3 aromatic carbocycles. The first-order valence-electron chi connectivity index (χ1n) is 8.21. The summed E-state index contributed by atoms with van der Waals surface area (Å²) in [4.78, 5) is 12.4. The van der Waals surface area contributed by atoms with Crippen LogP contribution in [0.15, 0.2) is 71.6 Å². The topological polar surface area (TPSA) is 75.3 Å². The normalized spacial score (nSPS) is 11.1. The van der Waals surface area contributed by atoms with Crippen LogP contribution in [0.5, 0.6) is 0 Å². The van der Waals surface area contributed by atoms with Crippen LogP contribution < -0.4 is 10.0 Å². The Kier molecular flexibility index (Phi) is 5.41. The van der Waals surface area contributed by atoms with Gasteiger partial charge in [0.1, 0.15) is 0 Å². The Morgan fingerprint density at radius 3 is 2.25 bits per heavy atom. The molecule has 2 N–H and O–H groups in total. The Morgan fingerprint density at radius 2 is 1.61 bits per heavy atom. The third-order valence-corrected chi connectivity index (χ3v) is 5.35. The molecular weight excluding hydrogens is 386 g/mol. The van der Waals surface area contributed by atoms with Crippen LogP contribution in [0, 0.1) is 18.6 Å². The number of sulfonamides is 1. The second kappa shape index (κ2) is 7.77. The molecule has 0 aliphatic rings. The van der Waals surface area contributed by atoms with Crippen molar-refractivity contribution in [2.75, 3.05) is 10.0 Å². The molecule has 1 amide bonds. The molecular formula is C20H16F2N2O3S. The van der Waals surface area contributed by atoms with Gasteiger partial charge in [-0.05, 0) is 55.0 Å². The van der Waals surface area contributed by atoms with Crippen molar-refractivity contribution in [3.05, 3.63) is 89.5 Å². The van der Waals surface area contributed by atoms with Crippen molar-refractivity contribution in [1.82, 2.24) is 0 Å². The van der Waals surface area contributed by atoms with Crippen LogP contribution in [0.1, 0.15) is 15.9 Å². The van der Waals surface area contributed by atoms with Crippen LogP contribution in [0.2, 0.25) is 0 Å². The highest BCUT2D eigenvalue weighted by molar-refractivity contribution is 7.92. The second-order valence-corrected chi connectivity index (χ2v) is 7.71. The number of aryl methyl sites for hydroxylation is 1. The maximum atomic E-state index is 13.3. The van der Waals surface area contributed by atoms with Gasteiger partial charge in [-0.25, -0.2) is 17.2 Å². The largest absolute Gasteiger partial charge is 0.322 e. The van der Waals surface area contributed by atoms with Gasteiger partial charge in [0.05, 0.1) is 10.6 Å². The molecule has 3 rings (SSSR count). The van der Waals surface area contributed by atoms with E-state index in [-0.39, 0.29) is 16.1 Å². The molecule has 8 heteroatoms. The number of anilines is 2. The van der Waals surface area contributed by atoms with Gasteiger partial charge in [-0.1, -0.05) is 18.2 Å². The molecule has 0 unspecified atom stereocenters. The summed E-state index contributed by atoms with van der Waals surface area (Å²) in [5.74, 6) is -2.62. The minimum atomic E-state index is -3.75. The van der Waals surface area contributed by atoms with E-state index in [0.717, 1.165) is 12.1 Å². The lowest BCUT2D eigenvalue weighted by Crippen LogP contribution is -2.15. The monoisotopic (exact) mass is 402 g/mol. The number of hydrogen-bond donors (Lipinski definition) is 2. The van der Waals surface area contributed by atoms with Crippen LogP contribution in [0.25, 0.3) is 0 Å². The molecule has 0 spiro atoms. The van der Waals surface area contributed by atoms with E-state index in [1.807, 2.05) is 0 Å². The molecule has 144 valence electrons. The summed E-state index contributed by atoms with van der Waals surface area (Å²) in [7, 11) is -3.75. The molecule has 3 aromatic rings. The Morgan fingerprint density at radius 1 is 0.893 bits per heavy atom. The number of carbonyl (C=O) groups excluding carboxylic acids is 1. The fourth-order valence-corrected chi connectivity index (χ4v) is 3.65. The third kappa shape index (κ3) is 4.34. The van der Waals surface area contributed by atoms with Gasteiger partial charge >= 0.3 is 0 Å². The Bertz CT molecular complexity index is 1130. The standard InChI is InChI=1S/C20H16F2N2O3S/c1-13-11-14(20(25)23-15-8-9-17(21)18(22)12-15)7-10-19(13)24-28(26,27)16-5-3-2-4-6-16/h2-12,24H,1H3,(H,23,25). The van der Waals surface area contributed by atoms with E-state index in [9.17, 15) is 22.0 Å². The Balaban J connectivity index is 1.78. The summed E-state index contributed by atoms with van der Waals surface area (Å²) in [6.07, 6.45) is 0. The van der Waals surface area contributed by atoms with Gasteiger partial charge in [0, 0.05) is 17.3 Å². The van der Waals surface area contributed by atoms with E-state index in [2.05, 4.69) is 10.0 Å². The van der Waals surface area contributed by atoms with E-state index in [1.54, 1.807) is 25.1 Å². The molecule has 0 saturated heterocycles. The SMILES string of the molecule is Cc1cc(C(=O)Nc2ccc(F)c(F)c2)ccc1NS(=O)(=O)c1ccccc1. The quantitative estimate of drug-likeness (QED) is 0.667. The van der Waals surface area contributed by atoms with Crippen LogP contribution in [-0.2, 0) is 10.0 Å². The number of benzene rings is 3. The summed E-state index contributed by atoms with van der Waals surface area (Å²) < 4.78 is 53.5. The van der Waals surface area contributed by atoms with Gasteiger partial charge in [0.15, 0.2) is 11.6 Å². The maximum Gasteiger partial charge on any atom is 0.261 e. The van der Waals surface area contributed by atoms with Crippen molar-refractivity contribution in [2.45, 2.75) is 11.8 Å². The van der Waals surface area contributed by atoms with Crippen molar-refractivity contribution in [3.8, 4) is 0 Å². The van der Waals surface area contributed by atoms with Crippen LogP contribution in [-0.4, -0.2) is 14.3 Å². The maximum absolute atomic E-state index is 13.3. The fourth-order valence-electron chi connectivity index (χ4n) is 2.50. The van der Waals surface area contributed by atoms with E-state index in [0.29, 0.717) is 11.3 Å². The smallest absolute Gasteiger partial charge is 0.261 e. The minimum absolute atomic E-state index is 0.107. The molecule has 0 aliphatic heterocycles. The Labute approximate surface area is 161 Å². The third-order valence-electron chi connectivity index (χ3n) is 3.96.